The molecule has 0 aliphatic heterocycles. The molecule has 0 saturated heterocycles. The van der Waals surface area contributed by atoms with Crippen molar-refractivity contribution in [2.75, 3.05) is 13.2 Å². The summed E-state index contributed by atoms with van der Waals surface area (Å²) in [4.78, 5) is 11.9. The van der Waals surface area contributed by atoms with Crippen molar-refractivity contribution in [3.05, 3.63) is 35.9 Å². The monoisotopic (exact) mass is 312 g/mol. The third-order valence-corrected chi connectivity index (χ3v) is 3.91. The Labute approximate surface area is 132 Å². The molecule has 4 nitrogen and oxygen atoms in total. The number of benzene rings is 1. The zero-order chi connectivity index (χ0) is 14.4. The van der Waals surface area contributed by atoms with Crippen LogP contribution in [0.15, 0.2) is 30.3 Å². The van der Waals surface area contributed by atoms with Gasteiger partial charge in [0, 0.05) is 13.0 Å². The van der Waals surface area contributed by atoms with Gasteiger partial charge in [0.1, 0.15) is 0 Å². The predicted molar refractivity (Wildman–Crippen MR) is 86.3 cm³/mol. The van der Waals surface area contributed by atoms with Gasteiger partial charge in [0.2, 0.25) is 5.91 Å². The molecule has 5 heteroatoms. The fourth-order valence-corrected chi connectivity index (χ4v) is 2.35. The first-order valence-electron chi connectivity index (χ1n) is 7.27. The molecule has 3 N–H and O–H groups in total. The Balaban J connectivity index is 0.00000220. The van der Waals surface area contributed by atoms with E-state index in [0.717, 1.165) is 5.56 Å². The van der Waals surface area contributed by atoms with Gasteiger partial charge in [0.15, 0.2) is 0 Å². The summed E-state index contributed by atoms with van der Waals surface area (Å²) in [7, 11) is 0. The van der Waals surface area contributed by atoms with Crippen molar-refractivity contribution in [3.8, 4) is 0 Å². The first-order valence-corrected chi connectivity index (χ1v) is 7.27. The third-order valence-electron chi connectivity index (χ3n) is 3.91. The number of ether oxygens (including phenoxy) is 1. The van der Waals surface area contributed by atoms with Crippen molar-refractivity contribution in [3.63, 3.8) is 0 Å². The van der Waals surface area contributed by atoms with Gasteiger partial charge < -0.3 is 15.8 Å². The minimum absolute atomic E-state index is 0. The standard InChI is InChI=1S/C16H24N2O2.ClH/c1-16(12-17,14-7-8-14)18-15(19)9-10-20-11-13-5-3-2-4-6-13;/h2-6,14H,7-12,17H2,1H3,(H,18,19);1H. The maximum Gasteiger partial charge on any atom is 0.222 e. The molecule has 1 atom stereocenters. The van der Waals surface area contributed by atoms with Crippen LogP contribution in [0.1, 0.15) is 31.7 Å². The van der Waals surface area contributed by atoms with E-state index in [4.69, 9.17) is 10.5 Å². The van der Waals surface area contributed by atoms with Crippen LogP contribution in [0.3, 0.4) is 0 Å². The van der Waals surface area contributed by atoms with E-state index in [1.54, 1.807) is 0 Å². The number of halogens is 1. The van der Waals surface area contributed by atoms with Gasteiger partial charge >= 0.3 is 0 Å². The molecule has 0 aromatic heterocycles. The van der Waals surface area contributed by atoms with E-state index in [-0.39, 0.29) is 23.9 Å². The highest BCUT2D eigenvalue weighted by atomic mass is 35.5. The second-order valence-electron chi connectivity index (χ2n) is 5.73. The van der Waals surface area contributed by atoms with Crippen LogP contribution >= 0.6 is 12.4 Å². The summed E-state index contributed by atoms with van der Waals surface area (Å²) in [6.07, 6.45) is 2.71. The third kappa shape index (κ3) is 5.65. The summed E-state index contributed by atoms with van der Waals surface area (Å²) in [5.74, 6) is 0.569. The number of nitrogens with two attached hydrogens (primary N) is 1. The normalized spacial score (nSPS) is 16.7. The first-order chi connectivity index (χ1) is 9.64. The minimum atomic E-state index is -0.240. The highest BCUT2D eigenvalue weighted by molar-refractivity contribution is 5.85. The SMILES string of the molecule is CC(CN)(NC(=O)CCOCc1ccccc1)C1CC1.Cl. The van der Waals surface area contributed by atoms with Crippen molar-refractivity contribution in [1.29, 1.82) is 0 Å². The van der Waals surface area contributed by atoms with Gasteiger partial charge in [-0.1, -0.05) is 30.3 Å². The van der Waals surface area contributed by atoms with Crippen LogP contribution in [0.2, 0.25) is 0 Å². The second-order valence-corrected chi connectivity index (χ2v) is 5.73. The Kier molecular flexibility index (Phi) is 7.15. The maximum absolute atomic E-state index is 11.9. The summed E-state index contributed by atoms with van der Waals surface area (Å²) < 4.78 is 5.52. The molecular weight excluding hydrogens is 288 g/mol. The number of carbonyl (C=O) groups is 1. The van der Waals surface area contributed by atoms with Crippen molar-refractivity contribution >= 4 is 18.3 Å². The van der Waals surface area contributed by atoms with Crippen LogP contribution < -0.4 is 11.1 Å². The minimum Gasteiger partial charge on any atom is -0.376 e. The summed E-state index contributed by atoms with van der Waals surface area (Å²) in [6.45, 7) is 3.51. The molecule has 1 fully saturated rings. The van der Waals surface area contributed by atoms with E-state index in [1.807, 2.05) is 37.3 Å². The van der Waals surface area contributed by atoms with E-state index in [9.17, 15) is 4.79 Å². The molecule has 118 valence electrons. The molecule has 1 aromatic rings. The number of hydrogen-bond acceptors (Lipinski definition) is 3. The molecule has 1 unspecified atom stereocenters. The van der Waals surface area contributed by atoms with E-state index in [1.165, 1.54) is 12.8 Å². The molecular formula is C16H25ClN2O2. The fourth-order valence-electron chi connectivity index (χ4n) is 2.35. The lowest BCUT2D eigenvalue weighted by Gasteiger charge is -2.29. The van der Waals surface area contributed by atoms with Crippen LogP contribution in [-0.2, 0) is 16.1 Å². The molecule has 21 heavy (non-hydrogen) atoms. The summed E-state index contributed by atoms with van der Waals surface area (Å²) in [5, 5.41) is 3.06. The smallest absolute Gasteiger partial charge is 0.222 e. The van der Waals surface area contributed by atoms with Crippen molar-refractivity contribution in [2.24, 2.45) is 11.7 Å². The molecule has 0 heterocycles. The number of carbonyl (C=O) groups excluding carboxylic acids is 1. The highest BCUT2D eigenvalue weighted by Crippen LogP contribution is 2.38. The summed E-state index contributed by atoms with van der Waals surface area (Å²) >= 11 is 0. The summed E-state index contributed by atoms with van der Waals surface area (Å²) in [6, 6.07) is 9.96. The van der Waals surface area contributed by atoms with Crippen molar-refractivity contribution < 1.29 is 9.53 Å². The largest absolute Gasteiger partial charge is 0.376 e. The van der Waals surface area contributed by atoms with E-state index in [0.29, 0.717) is 32.1 Å². The van der Waals surface area contributed by atoms with Crippen molar-refractivity contribution in [2.45, 2.75) is 38.3 Å². The Morgan fingerprint density at radius 3 is 2.62 bits per heavy atom. The lowest BCUT2D eigenvalue weighted by atomic mass is 9.96. The second kappa shape index (κ2) is 8.37. The molecule has 0 bridgehead atoms. The van der Waals surface area contributed by atoms with Gasteiger partial charge in [0.25, 0.3) is 0 Å². The van der Waals surface area contributed by atoms with Crippen LogP contribution in [0.5, 0.6) is 0 Å². The van der Waals surface area contributed by atoms with Gasteiger partial charge in [-0.15, -0.1) is 12.4 Å². The van der Waals surface area contributed by atoms with Crippen LogP contribution in [0, 0.1) is 5.92 Å². The lowest BCUT2D eigenvalue weighted by Crippen LogP contribution is -2.53. The Morgan fingerprint density at radius 2 is 2.05 bits per heavy atom. The average Bonchev–Trinajstić information content (AvgIpc) is 3.29. The van der Waals surface area contributed by atoms with Crippen LogP contribution in [0.4, 0.5) is 0 Å². The van der Waals surface area contributed by atoms with Crippen molar-refractivity contribution in [1.82, 2.24) is 5.32 Å². The molecule has 1 aromatic carbocycles. The first kappa shape index (κ1) is 18.0. The van der Waals surface area contributed by atoms with E-state index < -0.39 is 0 Å². The number of amides is 1. The van der Waals surface area contributed by atoms with Crippen LogP contribution in [0.25, 0.3) is 0 Å². The van der Waals surface area contributed by atoms with Gasteiger partial charge in [-0.3, -0.25) is 4.79 Å². The molecule has 2 rings (SSSR count). The molecule has 0 radical (unpaired) electrons. The quantitative estimate of drug-likeness (QED) is 0.724. The fraction of sp³-hybridized carbons (Fsp3) is 0.562. The van der Waals surface area contributed by atoms with E-state index >= 15 is 0 Å². The van der Waals surface area contributed by atoms with Crippen LogP contribution in [-0.4, -0.2) is 24.6 Å². The zero-order valence-electron chi connectivity index (χ0n) is 12.5. The Hall–Kier alpha value is -1.10. The Bertz CT molecular complexity index is 437. The molecule has 1 amide bonds. The maximum atomic E-state index is 11.9. The molecule has 1 saturated carbocycles. The molecule has 0 spiro atoms. The van der Waals surface area contributed by atoms with E-state index in [2.05, 4.69) is 5.32 Å². The summed E-state index contributed by atoms with van der Waals surface area (Å²) in [5.41, 5.74) is 6.66. The highest BCUT2D eigenvalue weighted by Gasteiger charge is 2.41. The lowest BCUT2D eigenvalue weighted by molar-refractivity contribution is -0.124. The Morgan fingerprint density at radius 1 is 1.38 bits per heavy atom. The number of rotatable bonds is 8. The zero-order valence-corrected chi connectivity index (χ0v) is 13.3. The molecule has 1 aliphatic carbocycles. The van der Waals surface area contributed by atoms with Gasteiger partial charge in [-0.05, 0) is 31.2 Å². The average molecular weight is 313 g/mol. The van der Waals surface area contributed by atoms with Gasteiger partial charge in [-0.2, -0.15) is 0 Å². The molecule has 1 aliphatic rings. The van der Waals surface area contributed by atoms with Gasteiger partial charge in [-0.25, -0.2) is 0 Å². The topological polar surface area (TPSA) is 64.3 Å². The number of hydrogen-bond donors (Lipinski definition) is 2. The number of nitrogens with one attached hydrogen (secondary N) is 1. The predicted octanol–water partition coefficient (Wildman–Crippen LogP) is 2.26. The van der Waals surface area contributed by atoms with Gasteiger partial charge in [0.05, 0.1) is 18.8 Å².